The molecule has 1 aromatic carbocycles. The van der Waals surface area contributed by atoms with Crippen molar-refractivity contribution < 1.29 is 19.0 Å². The maximum Gasteiger partial charge on any atom is 0.404 e. The van der Waals surface area contributed by atoms with Gasteiger partial charge in [0.05, 0.1) is 0 Å². The Morgan fingerprint density at radius 3 is 3.00 bits per heavy atom. The van der Waals surface area contributed by atoms with E-state index in [1.807, 2.05) is 18.2 Å². The maximum atomic E-state index is 10.5. The molecule has 0 fully saturated rings. The van der Waals surface area contributed by atoms with Gasteiger partial charge in [0.25, 0.3) is 0 Å². The first kappa shape index (κ1) is 10.6. The molecular formula is C11H13NO4. The Kier molecular flexibility index (Phi) is 2.85. The van der Waals surface area contributed by atoms with Crippen molar-refractivity contribution in [3.05, 3.63) is 23.8 Å². The van der Waals surface area contributed by atoms with Gasteiger partial charge in [0, 0.05) is 6.42 Å². The molecule has 0 aliphatic carbocycles. The summed E-state index contributed by atoms with van der Waals surface area (Å²) in [5, 5.41) is 0. The average Bonchev–Trinajstić information content (AvgIpc) is 2.63. The van der Waals surface area contributed by atoms with E-state index >= 15 is 0 Å². The number of hydrogen-bond donors (Lipinski definition) is 1. The zero-order chi connectivity index (χ0) is 11.5. The van der Waals surface area contributed by atoms with Crippen LogP contribution in [0.5, 0.6) is 11.5 Å². The van der Waals surface area contributed by atoms with Crippen LogP contribution in [0.2, 0.25) is 0 Å². The molecule has 1 aliphatic rings. The number of benzene rings is 1. The lowest BCUT2D eigenvalue weighted by atomic mass is 10.1. The van der Waals surface area contributed by atoms with Gasteiger partial charge in [0.15, 0.2) is 11.5 Å². The maximum absolute atomic E-state index is 10.5. The first-order valence-corrected chi connectivity index (χ1v) is 5.00. The van der Waals surface area contributed by atoms with Gasteiger partial charge in [-0.3, -0.25) is 0 Å². The lowest BCUT2D eigenvalue weighted by Crippen LogP contribution is -2.21. The molecule has 0 saturated carbocycles. The van der Waals surface area contributed by atoms with E-state index < -0.39 is 6.09 Å². The standard InChI is InChI=1S/C11H13NO4/c1-7(16-11(12)13)4-8-2-3-9-10(5-8)15-6-14-9/h2-3,5,7H,4,6H2,1H3,(H2,12,13). The van der Waals surface area contributed by atoms with Crippen molar-refractivity contribution >= 4 is 6.09 Å². The highest BCUT2D eigenvalue weighted by atomic mass is 16.7. The molecule has 1 heterocycles. The van der Waals surface area contributed by atoms with Crippen LogP contribution in [0, 0.1) is 0 Å². The summed E-state index contributed by atoms with van der Waals surface area (Å²) in [5.74, 6) is 1.47. The summed E-state index contributed by atoms with van der Waals surface area (Å²) in [4.78, 5) is 10.5. The Morgan fingerprint density at radius 1 is 1.50 bits per heavy atom. The normalized spacial score (nSPS) is 14.6. The van der Waals surface area contributed by atoms with E-state index in [0.717, 1.165) is 17.1 Å². The zero-order valence-corrected chi connectivity index (χ0v) is 8.93. The SMILES string of the molecule is CC(Cc1ccc2c(c1)OCO2)OC(N)=O. The Balaban J connectivity index is 2.02. The van der Waals surface area contributed by atoms with Crippen LogP contribution in [0.25, 0.3) is 0 Å². The predicted molar refractivity (Wildman–Crippen MR) is 56.4 cm³/mol. The minimum absolute atomic E-state index is 0.252. The van der Waals surface area contributed by atoms with E-state index in [1.165, 1.54) is 0 Å². The molecule has 5 heteroatoms. The van der Waals surface area contributed by atoms with Gasteiger partial charge >= 0.3 is 6.09 Å². The monoisotopic (exact) mass is 223 g/mol. The van der Waals surface area contributed by atoms with Crippen molar-refractivity contribution in [1.29, 1.82) is 0 Å². The van der Waals surface area contributed by atoms with E-state index in [-0.39, 0.29) is 12.9 Å². The molecule has 16 heavy (non-hydrogen) atoms. The van der Waals surface area contributed by atoms with E-state index in [1.54, 1.807) is 6.92 Å². The molecule has 0 aromatic heterocycles. The molecule has 1 aromatic rings. The third-order valence-corrected chi connectivity index (χ3v) is 2.28. The van der Waals surface area contributed by atoms with E-state index in [0.29, 0.717) is 6.42 Å². The number of rotatable bonds is 3. The molecule has 1 amide bonds. The van der Waals surface area contributed by atoms with Crippen molar-refractivity contribution in [2.24, 2.45) is 5.73 Å². The van der Waals surface area contributed by atoms with Crippen LogP contribution in [0.15, 0.2) is 18.2 Å². The average molecular weight is 223 g/mol. The van der Waals surface area contributed by atoms with Gasteiger partial charge in [-0.2, -0.15) is 0 Å². The highest BCUT2D eigenvalue weighted by Gasteiger charge is 2.14. The van der Waals surface area contributed by atoms with Crippen molar-refractivity contribution in [3.8, 4) is 11.5 Å². The zero-order valence-electron chi connectivity index (χ0n) is 8.93. The number of nitrogens with two attached hydrogens (primary N) is 1. The summed E-state index contributed by atoms with van der Waals surface area (Å²) >= 11 is 0. The largest absolute Gasteiger partial charge is 0.454 e. The Labute approximate surface area is 93.1 Å². The second kappa shape index (κ2) is 4.30. The fourth-order valence-corrected chi connectivity index (χ4v) is 1.64. The lowest BCUT2D eigenvalue weighted by Gasteiger charge is -2.11. The number of amides is 1. The van der Waals surface area contributed by atoms with Gasteiger partial charge in [-0.05, 0) is 24.6 Å². The number of primary amides is 1. The predicted octanol–water partition coefficient (Wildman–Crippen LogP) is 1.44. The molecule has 0 radical (unpaired) electrons. The Hall–Kier alpha value is -1.91. The molecule has 2 rings (SSSR count). The number of ether oxygens (including phenoxy) is 3. The molecule has 0 saturated heterocycles. The van der Waals surface area contributed by atoms with Gasteiger partial charge in [0.2, 0.25) is 6.79 Å². The van der Waals surface area contributed by atoms with Gasteiger partial charge in [0.1, 0.15) is 6.10 Å². The topological polar surface area (TPSA) is 70.8 Å². The fraction of sp³-hybridized carbons (Fsp3) is 0.364. The second-order valence-electron chi connectivity index (χ2n) is 3.64. The number of fused-ring (bicyclic) bond motifs is 1. The summed E-state index contributed by atoms with van der Waals surface area (Å²) in [6.07, 6.45) is -0.411. The third kappa shape index (κ3) is 2.36. The van der Waals surface area contributed by atoms with Crippen molar-refractivity contribution in [2.75, 3.05) is 6.79 Å². The highest BCUT2D eigenvalue weighted by molar-refractivity contribution is 5.64. The molecule has 86 valence electrons. The van der Waals surface area contributed by atoms with Crippen LogP contribution in [0.3, 0.4) is 0 Å². The van der Waals surface area contributed by atoms with Crippen LogP contribution in [0.1, 0.15) is 12.5 Å². The summed E-state index contributed by atoms with van der Waals surface area (Å²) in [6, 6.07) is 5.63. The summed E-state index contributed by atoms with van der Waals surface area (Å²) < 4.78 is 15.3. The molecule has 1 atom stereocenters. The molecule has 0 bridgehead atoms. The third-order valence-electron chi connectivity index (χ3n) is 2.28. The Bertz CT molecular complexity index is 405. The first-order chi connectivity index (χ1) is 7.65. The van der Waals surface area contributed by atoms with E-state index in [9.17, 15) is 4.79 Å². The van der Waals surface area contributed by atoms with Crippen molar-refractivity contribution in [2.45, 2.75) is 19.4 Å². The van der Waals surface area contributed by atoms with Gasteiger partial charge in [-0.15, -0.1) is 0 Å². The van der Waals surface area contributed by atoms with Crippen LogP contribution in [-0.2, 0) is 11.2 Å². The molecule has 0 spiro atoms. The minimum Gasteiger partial charge on any atom is -0.454 e. The van der Waals surface area contributed by atoms with E-state index in [4.69, 9.17) is 19.9 Å². The molecule has 5 nitrogen and oxygen atoms in total. The summed E-state index contributed by atoms with van der Waals surface area (Å²) in [5.41, 5.74) is 5.94. The van der Waals surface area contributed by atoms with Crippen molar-refractivity contribution in [3.63, 3.8) is 0 Å². The quantitative estimate of drug-likeness (QED) is 0.841. The van der Waals surface area contributed by atoms with Gasteiger partial charge in [-0.25, -0.2) is 4.79 Å². The highest BCUT2D eigenvalue weighted by Crippen LogP contribution is 2.32. The summed E-state index contributed by atoms with van der Waals surface area (Å²) in [6.45, 7) is 2.04. The lowest BCUT2D eigenvalue weighted by molar-refractivity contribution is 0.116. The number of carbonyl (C=O) groups excluding carboxylic acids is 1. The fourth-order valence-electron chi connectivity index (χ4n) is 1.64. The molecule has 1 unspecified atom stereocenters. The first-order valence-electron chi connectivity index (χ1n) is 5.00. The number of hydrogen-bond acceptors (Lipinski definition) is 4. The number of carbonyl (C=O) groups is 1. The van der Waals surface area contributed by atoms with Crippen LogP contribution >= 0.6 is 0 Å². The Morgan fingerprint density at radius 2 is 2.25 bits per heavy atom. The smallest absolute Gasteiger partial charge is 0.404 e. The molecule has 1 aliphatic heterocycles. The van der Waals surface area contributed by atoms with E-state index in [2.05, 4.69) is 0 Å². The van der Waals surface area contributed by atoms with Crippen LogP contribution in [0.4, 0.5) is 4.79 Å². The minimum atomic E-state index is -0.756. The molecule has 2 N–H and O–H groups in total. The van der Waals surface area contributed by atoms with Gasteiger partial charge < -0.3 is 19.9 Å². The summed E-state index contributed by atoms with van der Waals surface area (Å²) in [7, 11) is 0. The molecular weight excluding hydrogens is 210 g/mol. The van der Waals surface area contributed by atoms with Crippen LogP contribution < -0.4 is 15.2 Å². The second-order valence-corrected chi connectivity index (χ2v) is 3.64. The van der Waals surface area contributed by atoms with Gasteiger partial charge in [-0.1, -0.05) is 6.07 Å². The van der Waals surface area contributed by atoms with Crippen molar-refractivity contribution in [1.82, 2.24) is 0 Å². The van der Waals surface area contributed by atoms with Crippen LogP contribution in [-0.4, -0.2) is 19.0 Å².